The molecule has 0 heterocycles. The molecule has 0 aliphatic rings. The number of benzene rings is 2. The number of nitrogens with one attached hydrogen (secondary N) is 1. The fourth-order valence-corrected chi connectivity index (χ4v) is 2.69. The molecule has 7 heteroatoms. The van der Waals surface area contributed by atoms with E-state index < -0.39 is 0 Å². The van der Waals surface area contributed by atoms with Crippen LogP contribution in [-0.4, -0.2) is 52.8 Å². The van der Waals surface area contributed by atoms with Gasteiger partial charge in [0.15, 0.2) is 11.5 Å². The highest BCUT2D eigenvalue weighted by Crippen LogP contribution is 2.30. The molecule has 2 aromatic rings. The Morgan fingerprint density at radius 3 is 2.22 bits per heavy atom. The monoisotopic (exact) mass is 374 g/mol. The van der Waals surface area contributed by atoms with E-state index in [2.05, 4.69) is 5.32 Å². The van der Waals surface area contributed by atoms with Gasteiger partial charge in [0, 0.05) is 29.9 Å². The lowest BCUT2D eigenvalue weighted by Gasteiger charge is -2.19. The third-order valence-corrected chi connectivity index (χ3v) is 4.02. The Morgan fingerprint density at radius 2 is 1.59 bits per heavy atom. The zero-order valence-electron chi connectivity index (χ0n) is 16.4. The fourth-order valence-electron chi connectivity index (χ4n) is 2.69. The van der Waals surface area contributed by atoms with E-state index in [1.54, 1.807) is 46.6 Å². The smallest absolute Gasteiger partial charge is 0.238 e. The fraction of sp³-hybridized carbons (Fsp3) is 0.350. The molecule has 2 aromatic carbocycles. The van der Waals surface area contributed by atoms with Gasteiger partial charge in [0.2, 0.25) is 5.91 Å². The van der Waals surface area contributed by atoms with Crippen molar-refractivity contribution in [2.45, 2.75) is 6.54 Å². The Bertz CT molecular complexity index is 779. The van der Waals surface area contributed by atoms with Gasteiger partial charge in [-0.1, -0.05) is 6.07 Å². The van der Waals surface area contributed by atoms with Gasteiger partial charge in [-0.25, -0.2) is 0 Å². The average molecular weight is 374 g/mol. The molecule has 0 aliphatic heterocycles. The minimum Gasteiger partial charge on any atom is -0.497 e. The summed E-state index contributed by atoms with van der Waals surface area (Å²) in [7, 11) is 8.22. The lowest BCUT2D eigenvalue weighted by Crippen LogP contribution is -2.30. The molecule has 0 radical (unpaired) electrons. The number of carbonyl (C=O) groups excluding carboxylic acids is 1. The first-order valence-corrected chi connectivity index (χ1v) is 8.42. The third-order valence-electron chi connectivity index (χ3n) is 4.02. The number of amides is 1. The van der Waals surface area contributed by atoms with Crippen LogP contribution in [-0.2, 0) is 11.3 Å². The first kappa shape index (κ1) is 20.4. The molecule has 27 heavy (non-hydrogen) atoms. The Labute approximate surface area is 159 Å². The quantitative estimate of drug-likeness (QED) is 0.728. The number of hydrogen-bond acceptors (Lipinski definition) is 6. The molecule has 0 fully saturated rings. The van der Waals surface area contributed by atoms with E-state index in [9.17, 15) is 4.79 Å². The van der Waals surface area contributed by atoms with Crippen molar-refractivity contribution in [3.8, 4) is 23.0 Å². The van der Waals surface area contributed by atoms with Crippen LogP contribution in [0, 0.1) is 0 Å². The maximum Gasteiger partial charge on any atom is 0.238 e. The minimum absolute atomic E-state index is 0.128. The molecule has 2 rings (SSSR count). The molecule has 0 bridgehead atoms. The van der Waals surface area contributed by atoms with E-state index in [0.717, 1.165) is 17.1 Å². The van der Waals surface area contributed by atoms with E-state index in [-0.39, 0.29) is 12.5 Å². The first-order chi connectivity index (χ1) is 13.0. The van der Waals surface area contributed by atoms with Gasteiger partial charge >= 0.3 is 0 Å². The van der Waals surface area contributed by atoms with Gasteiger partial charge in [-0.3, -0.25) is 9.69 Å². The minimum atomic E-state index is -0.128. The third kappa shape index (κ3) is 5.52. The van der Waals surface area contributed by atoms with Crippen molar-refractivity contribution in [2.75, 3.05) is 47.3 Å². The number of rotatable bonds is 9. The van der Waals surface area contributed by atoms with Crippen molar-refractivity contribution >= 4 is 11.6 Å². The van der Waals surface area contributed by atoms with E-state index in [1.165, 1.54) is 0 Å². The predicted molar refractivity (Wildman–Crippen MR) is 104 cm³/mol. The highest BCUT2D eigenvalue weighted by molar-refractivity contribution is 5.92. The number of likely N-dealkylation sites (N-methyl/N-ethyl adjacent to an activating group) is 1. The molecule has 0 saturated carbocycles. The van der Waals surface area contributed by atoms with Crippen molar-refractivity contribution < 1.29 is 23.7 Å². The number of hydrogen-bond donors (Lipinski definition) is 1. The number of carbonyl (C=O) groups is 1. The maximum absolute atomic E-state index is 12.3. The van der Waals surface area contributed by atoms with Crippen LogP contribution in [0.15, 0.2) is 36.4 Å². The molecule has 0 saturated heterocycles. The first-order valence-electron chi connectivity index (χ1n) is 8.42. The zero-order chi connectivity index (χ0) is 19.8. The van der Waals surface area contributed by atoms with Crippen LogP contribution < -0.4 is 24.3 Å². The molecule has 146 valence electrons. The lowest BCUT2D eigenvalue weighted by molar-refractivity contribution is -0.117. The standard InChI is InChI=1S/C20H26N2O5/c1-22(12-14-6-8-16(24-2)11-18(14)26-4)13-20(23)21-15-7-9-17(25-3)19(10-15)27-5/h6-11H,12-13H2,1-5H3,(H,21,23). The Hall–Kier alpha value is -2.93. The number of anilines is 1. The van der Waals surface area contributed by atoms with Gasteiger partial charge in [-0.05, 0) is 25.2 Å². The molecule has 0 aromatic heterocycles. The molecule has 1 N–H and O–H groups in total. The molecule has 7 nitrogen and oxygen atoms in total. The Morgan fingerprint density at radius 1 is 0.889 bits per heavy atom. The summed E-state index contributed by atoms with van der Waals surface area (Å²) in [6, 6.07) is 10.9. The summed E-state index contributed by atoms with van der Waals surface area (Å²) in [5.74, 6) is 2.49. The van der Waals surface area contributed by atoms with Crippen molar-refractivity contribution in [3.05, 3.63) is 42.0 Å². The van der Waals surface area contributed by atoms with E-state index in [0.29, 0.717) is 23.7 Å². The second-order valence-corrected chi connectivity index (χ2v) is 5.97. The van der Waals surface area contributed by atoms with Crippen molar-refractivity contribution in [2.24, 2.45) is 0 Å². The van der Waals surface area contributed by atoms with Crippen LogP contribution in [0.4, 0.5) is 5.69 Å². The van der Waals surface area contributed by atoms with Gasteiger partial charge < -0.3 is 24.3 Å². The SMILES string of the molecule is COc1ccc(CN(C)CC(=O)Nc2ccc(OC)c(OC)c2)c(OC)c1. The van der Waals surface area contributed by atoms with Crippen LogP contribution in [0.5, 0.6) is 23.0 Å². The zero-order valence-corrected chi connectivity index (χ0v) is 16.4. The Kier molecular flexibility index (Phi) is 7.31. The molecule has 0 atom stereocenters. The maximum atomic E-state index is 12.3. The van der Waals surface area contributed by atoms with E-state index in [4.69, 9.17) is 18.9 Å². The number of nitrogens with zero attached hydrogens (tertiary/aromatic N) is 1. The summed E-state index contributed by atoms with van der Waals surface area (Å²) in [6.07, 6.45) is 0. The van der Waals surface area contributed by atoms with E-state index >= 15 is 0 Å². The van der Waals surface area contributed by atoms with Crippen LogP contribution in [0.2, 0.25) is 0 Å². The summed E-state index contributed by atoms with van der Waals surface area (Å²) in [5.41, 5.74) is 1.62. The van der Waals surface area contributed by atoms with Crippen molar-refractivity contribution in [3.63, 3.8) is 0 Å². The molecular weight excluding hydrogens is 348 g/mol. The second-order valence-electron chi connectivity index (χ2n) is 5.97. The normalized spacial score (nSPS) is 10.4. The second kappa shape index (κ2) is 9.68. The van der Waals surface area contributed by atoms with Crippen molar-refractivity contribution in [1.82, 2.24) is 4.90 Å². The van der Waals surface area contributed by atoms with Gasteiger partial charge in [-0.15, -0.1) is 0 Å². The largest absolute Gasteiger partial charge is 0.497 e. The predicted octanol–water partition coefficient (Wildman–Crippen LogP) is 2.79. The topological polar surface area (TPSA) is 69.3 Å². The summed E-state index contributed by atoms with van der Waals surface area (Å²) < 4.78 is 21.1. The summed E-state index contributed by atoms with van der Waals surface area (Å²) in [6.45, 7) is 0.788. The van der Waals surface area contributed by atoms with Crippen LogP contribution in [0.1, 0.15) is 5.56 Å². The van der Waals surface area contributed by atoms with E-state index in [1.807, 2.05) is 30.1 Å². The van der Waals surface area contributed by atoms with Crippen LogP contribution >= 0.6 is 0 Å². The van der Waals surface area contributed by atoms with Crippen LogP contribution in [0.3, 0.4) is 0 Å². The van der Waals surface area contributed by atoms with Gasteiger partial charge in [0.05, 0.1) is 35.0 Å². The van der Waals surface area contributed by atoms with Gasteiger partial charge in [-0.2, -0.15) is 0 Å². The summed E-state index contributed by atoms with van der Waals surface area (Å²) in [5, 5.41) is 2.86. The molecular formula is C20H26N2O5. The molecule has 1 amide bonds. The summed E-state index contributed by atoms with van der Waals surface area (Å²) in [4.78, 5) is 14.2. The van der Waals surface area contributed by atoms with Crippen molar-refractivity contribution in [1.29, 1.82) is 0 Å². The Balaban J connectivity index is 1.98. The molecule has 0 spiro atoms. The highest BCUT2D eigenvalue weighted by Gasteiger charge is 2.12. The lowest BCUT2D eigenvalue weighted by atomic mass is 10.2. The number of ether oxygens (including phenoxy) is 4. The molecule has 0 unspecified atom stereocenters. The van der Waals surface area contributed by atoms with Gasteiger partial charge in [0.1, 0.15) is 11.5 Å². The highest BCUT2D eigenvalue weighted by atomic mass is 16.5. The van der Waals surface area contributed by atoms with Crippen LogP contribution in [0.25, 0.3) is 0 Å². The number of methoxy groups -OCH3 is 4. The average Bonchev–Trinajstić information content (AvgIpc) is 2.67. The summed E-state index contributed by atoms with van der Waals surface area (Å²) >= 11 is 0. The molecule has 0 aliphatic carbocycles. The van der Waals surface area contributed by atoms with Gasteiger partial charge in [0.25, 0.3) is 0 Å².